The minimum absolute atomic E-state index is 0.952. The maximum atomic E-state index is 4.69. The van der Waals surface area contributed by atoms with Crippen LogP contribution in [0, 0.1) is 13.8 Å². The van der Waals surface area contributed by atoms with E-state index in [1.807, 2.05) is 12.3 Å². The van der Waals surface area contributed by atoms with E-state index in [0.29, 0.717) is 0 Å². The molecule has 0 radical (unpaired) electrons. The second-order valence-corrected chi connectivity index (χ2v) is 7.73. The van der Waals surface area contributed by atoms with E-state index in [4.69, 9.17) is 0 Å². The maximum Gasteiger partial charge on any atom is 0.0630 e. The van der Waals surface area contributed by atoms with Gasteiger partial charge in [-0.2, -0.15) is 0 Å². The van der Waals surface area contributed by atoms with Gasteiger partial charge in [0.1, 0.15) is 0 Å². The molecule has 0 unspecified atom stereocenters. The lowest BCUT2D eigenvalue weighted by atomic mass is 10.1. The molecule has 1 aromatic heterocycles. The van der Waals surface area contributed by atoms with E-state index in [1.165, 1.54) is 22.5 Å². The van der Waals surface area contributed by atoms with Crippen molar-refractivity contribution in [3.63, 3.8) is 0 Å². The molecule has 0 N–H and O–H groups in total. The Labute approximate surface area is 174 Å². The van der Waals surface area contributed by atoms with Crippen LogP contribution in [0.25, 0.3) is 16.8 Å². The number of aliphatic imine (C=N–C) groups is 1. The zero-order chi connectivity index (χ0) is 19.5. The Hall–Kier alpha value is -2.91. The fraction of sp³-hybridized carbons (Fsp3) is 0.0800. The van der Waals surface area contributed by atoms with Crippen molar-refractivity contribution in [3.05, 3.63) is 106 Å². The van der Waals surface area contributed by atoms with Crippen molar-refractivity contribution in [1.29, 1.82) is 0 Å². The van der Waals surface area contributed by atoms with Crippen molar-refractivity contribution in [2.75, 3.05) is 0 Å². The normalized spacial score (nSPS) is 11.2. The average molecular weight is 429 g/mol. The summed E-state index contributed by atoms with van der Waals surface area (Å²) in [4.78, 5) is 4.69. The molecule has 0 spiro atoms. The molecule has 0 atom stereocenters. The first-order valence-electron chi connectivity index (χ1n) is 9.26. The van der Waals surface area contributed by atoms with E-state index >= 15 is 0 Å². The fourth-order valence-corrected chi connectivity index (χ4v) is 3.68. The predicted octanol–water partition coefficient (Wildman–Crippen LogP) is 7.27. The van der Waals surface area contributed by atoms with Gasteiger partial charge in [-0.05, 0) is 67.4 Å². The third-order valence-corrected chi connectivity index (χ3v) is 5.41. The van der Waals surface area contributed by atoms with Crippen molar-refractivity contribution >= 4 is 27.8 Å². The Bertz CT molecular complexity index is 1110. The zero-order valence-corrected chi connectivity index (χ0v) is 17.5. The van der Waals surface area contributed by atoms with E-state index in [2.05, 4.69) is 118 Å². The van der Waals surface area contributed by atoms with Gasteiger partial charge >= 0.3 is 0 Å². The summed E-state index contributed by atoms with van der Waals surface area (Å²) in [6.45, 7) is 4.26. The second kappa shape index (κ2) is 7.99. The number of halogens is 1. The molecule has 0 amide bonds. The molecule has 138 valence electrons. The van der Waals surface area contributed by atoms with E-state index < -0.39 is 0 Å². The molecule has 28 heavy (non-hydrogen) atoms. The summed E-state index contributed by atoms with van der Waals surface area (Å²) in [7, 11) is 0. The molecular weight excluding hydrogens is 408 g/mol. The number of hydrogen-bond acceptors (Lipinski definition) is 1. The molecule has 0 saturated carbocycles. The number of aromatic nitrogens is 1. The van der Waals surface area contributed by atoms with Gasteiger partial charge in [0, 0.05) is 33.3 Å². The Morgan fingerprint density at radius 2 is 1.43 bits per heavy atom. The van der Waals surface area contributed by atoms with Gasteiger partial charge in [-0.1, -0.05) is 58.4 Å². The molecule has 0 saturated heterocycles. The highest BCUT2D eigenvalue weighted by Gasteiger charge is 2.09. The van der Waals surface area contributed by atoms with E-state index in [1.54, 1.807) is 0 Å². The molecule has 0 aliphatic rings. The first-order valence-corrected chi connectivity index (χ1v) is 10.1. The highest BCUT2D eigenvalue weighted by atomic mass is 79.9. The molecule has 0 fully saturated rings. The lowest BCUT2D eigenvalue weighted by Gasteiger charge is -2.09. The van der Waals surface area contributed by atoms with Crippen LogP contribution in [-0.2, 0) is 0 Å². The maximum absolute atomic E-state index is 4.69. The molecule has 4 rings (SSSR count). The van der Waals surface area contributed by atoms with E-state index in [9.17, 15) is 0 Å². The van der Waals surface area contributed by atoms with Crippen LogP contribution >= 0.6 is 15.9 Å². The van der Waals surface area contributed by atoms with Crippen molar-refractivity contribution < 1.29 is 0 Å². The third kappa shape index (κ3) is 3.85. The summed E-state index contributed by atoms with van der Waals surface area (Å²) in [6.07, 6.45) is 1.95. The number of aryl methyl sites for hydroxylation is 1. The predicted molar refractivity (Wildman–Crippen MR) is 122 cm³/mol. The Morgan fingerprint density at radius 3 is 2.11 bits per heavy atom. The summed E-state index contributed by atoms with van der Waals surface area (Å²) in [5.74, 6) is 0. The van der Waals surface area contributed by atoms with Crippen LogP contribution in [-0.4, -0.2) is 10.8 Å². The first kappa shape index (κ1) is 18.5. The van der Waals surface area contributed by atoms with Crippen LogP contribution in [0.2, 0.25) is 0 Å². The summed E-state index contributed by atoms with van der Waals surface area (Å²) in [5.41, 5.74) is 8.04. The smallest absolute Gasteiger partial charge is 0.0630 e. The van der Waals surface area contributed by atoms with Crippen LogP contribution in [0.4, 0.5) is 5.69 Å². The average Bonchev–Trinajstić information content (AvgIpc) is 3.01. The quantitative estimate of drug-likeness (QED) is 0.304. The molecule has 0 aliphatic carbocycles. The van der Waals surface area contributed by atoms with Gasteiger partial charge in [0.15, 0.2) is 0 Å². The number of rotatable bonds is 4. The zero-order valence-electron chi connectivity index (χ0n) is 15.9. The summed E-state index contributed by atoms with van der Waals surface area (Å²) in [6, 6.07) is 29.3. The molecule has 1 heterocycles. The molecule has 0 bridgehead atoms. The van der Waals surface area contributed by atoms with Gasteiger partial charge in [-0.15, -0.1) is 0 Å². The lowest BCUT2D eigenvalue weighted by molar-refractivity contribution is 0.964. The molecular formula is C25H21BrN2. The fourth-order valence-electron chi connectivity index (χ4n) is 3.42. The highest BCUT2D eigenvalue weighted by Crippen LogP contribution is 2.24. The van der Waals surface area contributed by atoms with Crippen molar-refractivity contribution in [3.8, 4) is 16.8 Å². The molecule has 4 aromatic rings. The van der Waals surface area contributed by atoms with Gasteiger partial charge < -0.3 is 4.57 Å². The molecule has 2 nitrogen and oxygen atoms in total. The van der Waals surface area contributed by atoms with Gasteiger partial charge in [-0.3, -0.25) is 4.99 Å². The monoisotopic (exact) mass is 428 g/mol. The third-order valence-electron chi connectivity index (χ3n) is 4.88. The van der Waals surface area contributed by atoms with E-state index in [0.717, 1.165) is 21.4 Å². The Morgan fingerprint density at radius 1 is 0.786 bits per heavy atom. The number of benzene rings is 3. The molecule has 3 heteroatoms. The van der Waals surface area contributed by atoms with Crippen LogP contribution < -0.4 is 0 Å². The van der Waals surface area contributed by atoms with Crippen LogP contribution in [0.15, 0.2) is 94.4 Å². The Balaban J connectivity index is 1.58. The van der Waals surface area contributed by atoms with Crippen LogP contribution in [0.1, 0.15) is 17.0 Å². The highest BCUT2D eigenvalue weighted by molar-refractivity contribution is 9.10. The summed E-state index contributed by atoms with van der Waals surface area (Å²) >= 11 is 3.50. The first-order chi connectivity index (χ1) is 13.6. The van der Waals surface area contributed by atoms with Gasteiger partial charge in [0.05, 0.1) is 5.69 Å². The topological polar surface area (TPSA) is 17.3 Å². The number of hydrogen-bond donors (Lipinski definition) is 0. The number of nitrogens with zero attached hydrogens (tertiary/aromatic N) is 2. The summed E-state index contributed by atoms with van der Waals surface area (Å²) < 4.78 is 3.34. The second-order valence-electron chi connectivity index (χ2n) is 6.81. The standard InChI is InChI=1S/C25H21BrN2/c1-18-16-22(19(2)28(18)25-14-10-23(26)11-15-25)17-27-24-12-8-21(9-13-24)20-6-4-3-5-7-20/h3-17H,1-2H3. The van der Waals surface area contributed by atoms with Crippen LogP contribution in [0.3, 0.4) is 0 Å². The van der Waals surface area contributed by atoms with Crippen molar-refractivity contribution in [2.24, 2.45) is 4.99 Å². The minimum Gasteiger partial charge on any atom is -0.318 e. The SMILES string of the molecule is Cc1cc(C=Nc2ccc(-c3ccccc3)cc2)c(C)n1-c1ccc(Br)cc1. The minimum atomic E-state index is 0.952. The molecule has 0 aliphatic heterocycles. The van der Waals surface area contributed by atoms with Gasteiger partial charge in [0.25, 0.3) is 0 Å². The van der Waals surface area contributed by atoms with Crippen LogP contribution in [0.5, 0.6) is 0 Å². The molecule has 3 aromatic carbocycles. The van der Waals surface area contributed by atoms with Gasteiger partial charge in [-0.25, -0.2) is 0 Å². The summed E-state index contributed by atoms with van der Waals surface area (Å²) in [5, 5.41) is 0. The van der Waals surface area contributed by atoms with Gasteiger partial charge in [0.2, 0.25) is 0 Å². The largest absolute Gasteiger partial charge is 0.318 e. The van der Waals surface area contributed by atoms with E-state index in [-0.39, 0.29) is 0 Å². The lowest BCUT2D eigenvalue weighted by Crippen LogP contribution is -1.99. The van der Waals surface area contributed by atoms with Crippen molar-refractivity contribution in [2.45, 2.75) is 13.8 Å². The Kier molecular flexibility index (Phi) is 5.27. The van der Waals surface area contributed by atoms with Crippen molar-refractivity contribution in [1.82, 2.24) is 4.57 Å².